The van der Waals surface area contributed by atoms with Crippen LogP contribution in [0.4, 0.5) is 0 Å². The third-order valence-corrected chi connectivity index (χ3v) is 1.27. The normalized spacial score (nSPS) is 10.0. The molecule has 1 rings (SSSR count). The van der Waals surface area contributed by atoms with Crippen LogP contribution >= 0.6 is 0 Å². The molecule has 11 heavy (non-hydrogen) atoms. The van der Waals surface area contributed by atoms with Crippen molar-refractivity contribution in [3.8, 4) is 0 Å². The molecular formula is C7H9NO3. The molecule has 0 radical (unpaired) electrons. The van der Waals surface area contributed by atoms with Crippen LogP contribution in [-0.2, 0) is 6.42 Å². The van der Waals surface area contributed by atoms with Crippen molar-refractivity contribution in [1.82, 2.24) is 5.16 Å². The van der Waals surface area contributed by atoms with Gasteiger partial charge in [-0.3, -0.25) is 4.79 Å². The van der Waals surface area contributed by atoms with Crippen LogP contribution in [0.25, 0.3) is 0 Å². The van der Waals surface area contributed by atoms with Gasteiger partial charge in [0.2, 0.25) is 5.76 Å². The quantitative estimate of drug-likeness (QED) is 0.642. The van der Waals surface area contributed by atoms with Crippen LogP contribution in [0.3, 0.4) is 0 Å². The van der Waals surface area contributed by atoms with E-state index in [4.69, 9.17) is 5.11 Å². The second-order valence-electron chi connectivity index (χ2n) is 2.21. The molecule has 1 aromatic heterocycles. The number of hydrogen-bond donors (Lipinski definition) is 1. The van der Waals surface area contributed by atoms with Gasteiger partial charge in [-0.2, -0.15) is 0 Å². The van der Waals surface area contributed by atoms with Crippen molar-refractivity contribution in [1.29, 1.82) is 0 Å². The standard InChI is InChI=1S/C7H9NO3/c1-5(10)7-4-6(2-3-9)8-11-7/h4,9H,2-3H2,1H3. The molecule has 60 valence electrons. The predicted molar refractivity (Wildman–Crippen MR) is 37.3 cm³/mol. The van der Waals surface area contributed by atoms with Gasteiger partial charge in [-0.15, -0.1) is 0 Å². The number of ketones is 1. The minimum atomic E-state index is -0.151. The van der Waals surface area contributed by atoms with Crippen LogP contribution in [0.5, 0.6) is 0 Å². The summed E-state index contributed by atoms with van der Waals surface area (Å²) in [5.74, 6) is 0.0927. The highest BCUT2D eigenvalue weighted by atomic mass is 16.5. The highest BCUT2D eigenvalue weighted by Crippen LogP contribution is 2.04. The van der Waals surface area contributed by atoms with Gasteiger partial charge in [0.25, 0.3) is 0 Å². The van der Waals surface area contributed by atoms with Crippen molar-refractivity contribution in [3.63, 3.8) is 0 Å². The summed E-state index contributed by atoms with van der Waals surface area (Å²) in [7, 11) is 0. The summed E-state index contributed by atoms with van der Waals surface area (Å²) in [6, 6.07) is 1.54. The lowest BCUT2D eigenvalue weighted by atomic mass is 10.2. The maximum absolute atomic E-state index is 10.7. The molecule has 0 aliphatic carbocycles. The molecule has 0 aliphatic heterocycles. The maximum Gasteiger partial charge on any atom is 0.202 e. The monoisotopic (exact) mass is 155 g/mol. The third kappa shape index (κ3) is 1.88. The average Bonchev–Trinajstić information content (AvgIpc) is 2.37. The zero-order chi connectivity index (χ0) is 8.27. The summed E-state index contributed by atoms with van der Waals surface area (Å²) in [5, 5.41) is 12.1. The second-order valence-corrected chi connectivity index (χ2v) is 2.21. The lowest BCUT2D eigenvalue weighted by Gasteiger charge is -1.83. The van der Waals surface area contributed by atoms with Crippen molar-refractivity contribution >= 4 is 5.78 Å². The minimum Gasteiger partial charge on any atom is -0.396 e. The van der Waals surface area contributed by atoms with Crippen molar-refractivity contribution < 1.29 is 14.4 Å². The first-order chi connectivity index (χ1) is 5.24. The minimum absolute atomic E-state index is 0.0177. The predicted octanol–water partition coefficient (Wildman–Crippen LogP) is 0.412. The molecule has 0 bridgehead atoms. The Morgan fingerprint density at radius 1 is 1.82 bits per heavy atom. The molecule has 0 amide bonds. The van der Waals surface area contributed by atoms with E-state index in [1.165, 1.54) is 6.92 Å². The van der Waals surface area contributed by atoms with Crippen molar-refractivity contribution in [2.75, 3.05) is 6.61 Å². The van der Waals surface area contributed by atoms with E-state index in [1.807, 2.05) is 0 Å². The van der Waals surface area contributed by atoms with Crippen LogP contribution in [0.15, 0.2) is 10.6 Å². The Bertz CT molecular complexity index is 254. The zero-order valence-electron chi connectivity index (χ0n) is 6.20. The Morgan fingerprint density at radius 3 is 3.00 bits per heavy atom. The summed E-state index contributed by atoms with van der Waals surface area (Å²) < 4.78 is 4.67. The number of carbonyl (C=O) groups excluding carboxylic acids is 1. The molecule has 0 spiro atoms. The second kappa shape index (κ2) is 3.30. The van der Waals surface area contributed by atoms with Gasteiger partial charge in [-0.1, -0.05) is 5.16 Å². The van der Waals surface area contributed by atoms with Crippen LogP contribution in [0.1, 0.15) is 23.2 Å². The number of hydrogen-bond acceptors (Lipinski definition) is 4. The van der Waals surface area contributed by atoms with Gasteiger partial charge in [-0.05, 0) is 0 Å². The number of nitrogens with zero attached hydrogens (tertiary/aromatic N) is 1. The van der Waals surface area contributed by atoms with Crippen molar-refractivity contribution in [2.45, 2.75) is 13.3 Å². The first-order valence-corrected chi connectivity index (χ1v) is 3.31. The van der Waals surface area contributed by atoms with Crippen LogP contribution < -0.4 is 0 Å². The van der Waals surface area contributed by atoms with E-state index in [1.54, 1.807) is 6.07 Å². The maximum atomic E-state index is 10.7. The summed E-state index contributed by atoms with van der Waals surface area (Å²) >= 11 is 0. The first kappa shape index (κ1) is 7.94. The number of aromatic nitrogens is 1. The van der Waals surface area contributed by atoms with Crippen LogP contribution in [0.2, 0.25) is 0 Å². The third-order valence-electron chi connectivity index (χ3n) is 1.27. The fourth-order valence-corrected chi connectivity index (χ4v) is 0.710. The summed E-state index contributed by atoms with van der Waals surface area (Å²) in [6.45, 7) is 1.42. The van der Waals surface area contributed by atoms with E-state index in [9.17, 15) is 4.79 Å². The van der Waals surface area contributed by atoms with E-state index in [0.717, 1.165) is 0 Å². The Morgan fingerprint density at radius 2 is 2.55 bits per heavy atom. The lowest BCUT2D eigenvalue weighted by Crippen LogP contribution is -1.90. The Kier molecular flexibility index (Phi) is 2.38. The van der Waals surface area contributed by atoms with Gasteiger partial charge in [0, 0.05) is 26.0 Å². The van der Waals surface area contributed by atoms with E-state index in [-0.39, 0.29) is 18.2 Å². The van der Waals surface area contributed by atoms with E-state index < -0.39 is 0 Å². The van der Waals surface area contributed by atoms with E-state index in [2.05, 4.69) is 9.68 Å². The highest BCUT2D eigenvalue weighted by Gasteiger charge is 2.06. The first-order valence-electron chi connectivity index (χ1n) is 3.31. The van der Waals surface area contributed by atoms with E-state index >= 15 is 0 Å². The molecule has 0 saturated heterocycles. The number of carbonyl (C=O) groups is 1. The van der Waals surface area contributed by atoms with Crippen molar-refractivity contribution in [3.05, 3.63) is 17.5 Å². The number of aliphatic hydroxyl groups is 1. The topological polar surface area (TPSA) is 63.3 Å². The van der Waals surface area contributed by atoms with E-state index in [0.29, 0.717) is 12.1 Å². The number of rotatable bonds is 3. The number of Topliss-reactive ketones (excluding diaryl/α,β-unsaturated/α-hetero) is 1. The van der Waals surface area contributed by atoms with Gasteiger partial charge in [-0.25, -0.2) is 0 Å². The summed E-state index contributed by atoms with van der Waals surface area (Å²) in [5.41, 5.74) is 0.609. The summed E-state index contributed by atoms with van der Waals surface area (Å²) in [4.78, 5) is 10.7. The van der Waals surface area contributed by atoms with Gasteiger partial charge in [0.1, 0.15) is 0 Å². The van der Waals surface area contributed by atoms with Crippen LogP contribution in [-0.4, -0.2) is 22.7 Å². The fraction of sp³-hybridized carbons (Fsp3) is 0.429. The molecule has 0 fully saturated rings. The molecule has 1 N–H and O–H groups in total. The Labute approximate surface area is 63.8 Å². The molecule has 4 nitrogen and oxygen atoms in total. The Balaban J connectivity index is 2.73. The SMILES string of the molecule is CC(=O)c1cc(CCO)no1. The van der Waals surface area contributed by atoms with Crippen LogP contribution in [0, 0.1) is 0 Å². The van der Waals surface area contributed by atoms with Gasteiger partial charge in [0.15, 0.2) is 5.78 Å². The molecule has 1 aromatic rings. The molecule has 0 aliphatic rings. The smallest absolute Gasteiger partial charge is 0.202 e. The number of aliphatic hydroxyl groups excluding tert-OH is 1. The average molecular weight is 155 g/mol. The molecule has 4 heteroatoms. The highest BCUT2D eigenvalue weighted by molar-refractivity contribution is 5.91. The van der Waals surface area contributed by atoms with Crippen molar-refractivity contribution in [2.24, 2.45) is 0 Å². The summed E-state index contributed by atoms with van der Waals surface area (Å²) in [6.07, 6.45) is 0.427. The largest absolute Gasteiger partial charge is 0.396 e. The van der Waals surface area contributed by atoms with Gasteiger partial charge in [0.05, 0.1) is 5.69 Å². The molecule has 0 saturated carbocycles. The molecule has 0 unspecified atom stereocenters. The lowest BCUT2D eigenvalue weighted by molar-refractivity contribution is 0.0978. The fourth-order valence-electron chi connectivity index (χ4n) is 0.710. The molecule has 0 aromatic carbocycles. The molecular weight excluding hydrogens is 146 g/mol. The molecule has 0 atom stereocenters. The Hall–Kier alpha value is -1.16. The molecule has 1 heterocycles. The van der Waals surface area contributed by atoms with Gasteiger partial charge >= 0.3 is 0 Å². The zero-order valence-corrected chi connectivity index (χ0v) is 6.20. The van der Waals surface area contributed by atoms with Gasteiger partial charge < -0.3 is 9.63 Å².